The molecule has 8 heteroatoms. The third kappa shape index (κ3) is 4.64. The van der Waals surface area contributed by atoms with Crippen LogP contribution in [0.15, 0.2) is 48.8 Å². The number of nitrogens with zero attached hydrogens (tertiary/aromatic N) is 4. The highest BCUT2D eigenvalue weighted by molar-refractivity contribution is 5.82. The van der Waals surface area contributed by atoms with Crippen molar-refractivity contribution in [2.24, 2.45) is 0 Å². The number of pyridine rings is 2. The van der Waals surface area contributed by atoms with Crippen LogP contribution in [0.5, 0.6) is 11.6 Å². The van der Waals surface area contributed by atoms with Crippen LogP contribution in [-0.2, 0) is 11.3 Å². The Morgan fingerprint density at radius 3 is 2.40 bits per heavy atom. The second kappa shape index (κ2) is 9.87. The van der Waals surface area contributed by atoms with E-state index in [1.165, 1.54) is 0 Å². The van der Waals surface area contributed by atoms with E-state index in [1.54, 1.807) is 49.8 Å². The van der Waals surface area contributed by atoms with Crippen LogP contribution in [0.1, 0.15) is 16.7 Å². The summed E-state index contributed by atoms with van der Waals surface area (Å²) >= 11 is 0. The Kier molecular flexibility index (Phi) is 6.78. The first-order chi connectivity index (χ1) is 14.7. The molecule has 2 N–H and O–H groups in total. The number of hydrogen-bond donors (Lipinski definition) is 1. The third-order valence-corrected chi connectivity index (χ3v) is 4.21. The van der Waals surface area contributed by atoms with E-state index in [-0.39, 0.29) is 29.4 Å². The first-order valence-corrected chi connectivity index (χ1v) is 9.05. The molecule has 150 valence electrons. The summed E-state index contributed by atoms with van der Waals surface area (Å²) in [5.41, 5.74) is 8.07. The number of hydrogen-bond acceptors (Lipinski definition) is 8. The average molecular weight is 401 g/mol. The minimum atomic E-state index is -0.00638. The van der Waals surface area contributed by atoms with Crippen molar-refractivity contribution in [3.63, 3.8) is 0 Å². The molecule has 0 unspecified atom stereocenters. The molecule has 0 saturated heterocycles. The monoisotopic (exact) mass is 401 g/mol. The van der Waals surface area contributed by atoms with Gasteiger partial charge in [-0.05, 0) is 23.8 Å². The second-order valence-electron chi connectivity index (χ2n) is 6.17. The molecule has 0 aliphatic rings. The number of benzene rings is 1. The Morgan fingerprint density at radius 1 is 1.00 bits per heavy atom. The Morgan fingerprint density at radius 2 is 1.77 bits per heavy atom. The highest BCUT2D eigenvalue weighted by Gasteiger charge is 2.21. The first kappa shape index (κ1) is 20.6. The maximum atomic E-state index is 9.80. The number of nitrogen functional groups attached to an aromatic ring is 1. The van der Waals surface area contributed by atoms with Crippen molar-refractivity contribution < 1.29 is 14.2 Å². The van der Waals surface area contributed by atoms with Gasteiger partial charge in [0.05, 0.1) is 6.61 Å². The van der Waals surface area contributed by atoms with Crippen molar-refractivity contribution in [1.29, 1.82) is 10.5 Å². The molecule has 0 atom stereocenters. The largest absolute Gasteiger partial charge is 0.491 e. The summed E-state index contributed by atoms with van der Waals surface area (Å²) in [6, 6.07) is 14.8. The van der Waals surface area contributed by atoms with Crippen LogP contribution in [0.3, 0.4) is 0 Å². The molecule has 1 aromatic carbocycles. The van der Waals surface area contributed by atoms with Crippen LogP contribution in [0.4, 0.5) is 5.82 Å². The lowest BCUT2D eigenvalue weighted by atomic mass is 9.96. The molecule has 2 aromatic heterocycles. The molecule has 3 aromatic rings. The summed E-state index contributed by atoms with van der Waals surface area (Å²) in [7, 11) is 1.60. The molecule has 0 radical (unpaired) electrons. The van der Waals surface area contributed by atoms with Gasteiger partial charge in [0.15, 0.2) is 0 Å². The smallest absolute Gasteiger partial charge is 0.234 e. The fraction of sp³-hybridized carbons (Fsp3) is 0.182. The Hall–Kier alpha value is -4.14. The molecular formula is C22H19N5O3. The molecule has 8 nitrogen and oxygen atoms in total. The van der Waals surface area contributed by atoms with E-state index in [1.807, 2.05) is 12.1 Å². The van der Waals surface area contributed by atoms with Crippen molar-refractivity contribution in [3.05, 3.63) is 65.5 Å². The number of anilines is 1. The van der Waals surface area contributed by atoms with E-state index in [0.29, 0.717) is 30.1 Å². The number of rotatable bonds is 8. The van der Waals surface area contributed by atoms with Gasteiger partial charge >= 0.3 is 0 Å². The molecule has 0 amide bonds. The van der Waals surface area contributed by atoms with Crippen LogP contribution in [0.25, 0.3) is 11.1 Å². The number of nitriles is 2. The molecule has 0 saturated carbocycles. The van der Waals surface area contributed by atoms with E-state index in [2.05, 4.69) is 16.0 Å². The first-order valence-electron chi connectivity index (χ1n) is 9.05. The van der Waals surface area contributed by atoms with Gasteiger partial charge in [0.1, 0.15) is 48.0 Å². The van der Waals surface area contributed by atoms with Crippen molar-refractivity contribution in [2.75, 3.05) is 26.1 Å². The van der Waals surface area contributed by atoms with Crippen molar-refractivity contribution in [2.45, 2.75) is 6.61 Å². The summed E-state index contributed by atoms with van der Waals surface area (Å²) in [5, 5.41) is 19.4. The van der Waals surface area contributed by atoms with Gasteiger partial charge < -0.3 is 19.9 Å². The summed E-state index contributed by atoms with van der Waals surface area (Å²) in [4.78, 5) is 8.17. The van der Waals surface area contributed by atoms with E-state index >= 15 is 0 Å². The van der Waals surface area contributed by atoms with E-state index in [9.17, 15) is 10.5 Å². The predicted molar refractivity (Wildman–Crippen MR) is 109 cm³/mol. The third-order valence-electron chi connectivity index (χ3n) is 4.21. The standard InChI is InChI=1S/C22H19N5O3/c1-28-9-10-29-17-6-4-16(5-7-17)20-18(11-23)21(25)27-22(19(20)12-24)30-14-15-3-2-8-26-13-15/h2-8,13H,9-10,14H2,1H3,(H2,25,27). The summed E-state index contributed by atoms with van der Waals surface area (Å²) < 4.78 is 16.3. The summed E-state index contributed by atoms with van der Waals surface area (Å²) in [6.07, 6.45) is 3.31. The van der Waals surface area contributed by atoms with E-state index in [4.69, 9.17) is 19.9 Å². The number of nitrogens with two attached hydrogens (primary N) is 1. The van der Waals surface area contributed by atoms with Gasteiger partial charge in [0, 0.05) is 30.6 Å². The van der Waals surface area contributed by atoms with Gasteiger partial charge in [-0.3, -0.25) is 4.98 Å². The number of aromatic nitrogens is 2. The highest BCUT2D eigenvalue weighted by atomic mass is 16.5. The molecule has 2 heterocycles. The van der Waals surface area contributed by atoms with E-state index in [0.717, 1.165) is 5.56 Å². The lowest BCUT2D eigenvalue weighted by molar-refractivity contribution is 0.146. The predicted octanol–water partition coefficient (Wildman–Crippen LogP) is 3.07. The van der Waals surface area contributed by atoms with Crippen molar-refractivity contribution >= 4 is 5.82 Å². The van der Waals surface area contributed by atoms with Crippen LogP contribution in [0.2, 0.25) is 0 Å². The second-order valence-corrected chi connectivity index (χ2v) is 6.17. The zero-order valence-corrected chi connectivity index (χ0v) is 16.3. The number of methoxy groups -OCH3 is 1. The van der Waals surface area contributed by atoms with Crippen LogP contribution >= 0.6 is 0 Å². The molecule has 0 bridgehead atoms. The molecule has 3 rings (SSSR count). The molecule has 0 aliphatic heterocycles. The lowest BCUT2D eigenvalue weighted by Gasteiger charge is -2.14. The molecule has 0 aliphatic carbocycles. The van der Waals surface area contributed by atoms with Crippen molar-refractivity contribution in [3.8, 4) is 34.9 Å². The topological polar surface area (TPSA) is 127 Å². The van der Waals surface area contributed by atoms with Crippen LogP contribution in [-0.4, -0.2) is 30.3 Å². The minimum absolute atomic E-state index is 0.00638. The quantitative estimate of drug-likeness (QED) is 0.571. The van der Waals surface area contributed by atoms with Gasteiger partial charge in [0.25, 0.3) is 0 Å². The zero-order chi connectivity index (χ0) is 21.3. The minimum Gasteiger partial charge on any atom is -0.491 e. The normalized spacial score (nSPS) is 10.1. The van der Waals surface area contributed by atoms with Crippen molar-refractivity contribution in [1.82, 2.24) is 9.97 Å². The fourth-order valence-corrected chi connectivity index (χ4v) is 2.79. The summed E-state index contributed by atoms with van der Waals surface area (Å²) in [6.45, 7) is 1.04. The van der Waals surface area contributed by atoms with Crippen LogP contribution < -0.4 is 15.2 Å². The van der Waals surface area contributed by atoms with Crippen LogP contribution in [0, 0.1) is 22.7 Å². The molecule has 30 heavy (non-hydrogen) atoms. The summed E-state index contributed by atoms with van der Waals surface area (Å²) in [5.74, 6) is 0.698. The molecular weight excluding hydrogens is 382 g/mol. The van der Waals surface area contributed by atoms with E-state index < -0.39 is 0 Å². The van der Waals surface area contributed by atoms with Gasteiger partial charge in [-0.2, -0.15) is 15.5 Å². The van der Waals surface area contributed by atoms with Gasteiger partial charge in [-0.1, -0.05) is 18.2 Å². The Balaban J connectivity index is 1.97. The lowest BCUT2D eigenvalue weighted by Crippen LogP contribution is -2.07. The van der Waals surface area contributed by atoms with Gasteiger partial charge in [-0.15, -0.1) is 0 Å². The van der Waals surface area contributed by atoms with Gasteiger partial charge in [0.2, 0.25) is 5.88 Å². The zero-order valence-electron chi connectivity index (χ0n) is 16.3. The maximum absolute atomic E-state index is 9.80. The molecule has 0 spiro atoms. The maximum Gasteiger partial charge on any atom is 0.234 e. The Bertz CT molecular complexity index is 1090. The Labute approximate surface area is 174 Å². The molecule has 0 fully saturated rings. The van der Waals surface area contributed by atoms with Gasteiger partial charge in [-0.25, -0.2) is 0 Å². The SMILES string of the molecule is COCCOc1ccc(-c2c(C#N)c(N)nc(OCc3cccnc3)c2C#N)cc1. The fourth-order valence-electron chi connectivity index (χ4n) is 2.79. The number of ether oxygens (including phenoxy) is 3. The average Bonchev–Trinajstić information content (AvgIpc) is 2.78. The highest BCUT2D eigenvalue weighted by Crippen LogP contribution is 2.36.